The third-order valence-electron chi connectivity index (χ3n) is 4.48. The summed E-state index contributed by atoms with van der Waals surface area (Å²) in [6.07, 6.45) is 5.63. The Hall–Kier alpha value is -1.11. The SMILES string of the molecule is Cc1ccc(C)c(C(=O)C2(CC(C)C)CCCC2)c1. The van der Waals surface area contributed by atoms with Crippen LogP contribution >= 0.6 is 0 Å². The minimum atomic E-state index is -0.0767. The molecule has 1 nitrogen and oxygen atoms in total. The Labute approximate surface area is 117 Å². The first-order chi connectivity index (χ1) is 8.94. The molecule has 1 aliphatic rings. The van der Waals surface area contributed by atoms with Gasteiger partial charge in [-0.05, 0) is 50.7 Å². The smallest absolute Gasteiger partial charge is 0.169 e. The van der Waals surface area contributed by atoms with E-state index in [1.807, 2.05) is 0 Å². The lowest BCUT2D eigenvalue weighted by molar-refractivity contribution is 0.0759. The number of carbonyl (C=O) groups excluding carboxylic acids is 1. The Kier molecular flexibility index (Phi) is 4.13. The van der Waals surface area contributed by atoms with Crippen molar-refractivity contribution in [3.8, 4) is 0 Å². The van der Waals surface area contributed by atoms with Gasteiger partial charge in [-0.3, -0.25) is 4.79 Å². The van der Waals surface area contributed by atoms with E-state index in [1.165, 1.54) is 18.4 Å². The van der Waals surface area contributed by atoms with E-state index in [0.717, 1.165) is 30.4 Å². The zero-order chi connectivity index (χ0) is 14.0. The van der Waals surface area contributed by atoms with Crippen molar-refractivity contribution in [1.29, 1.82) is 0 Å². The fraction of sp³-hybridized carbons (Fsp3) is 0.611. The quantitative estimate of drug-likeness (QED) is 0.687. The topological polar surface area (TPSA) is 17.1 Å². The van der Waals surface area contributed by atoms with Crippen molar-refractivity contribution in [3.05, 3.63) is 34.9 Å². The van der Waals surface area contributed by atoms with Crippen LogP contribution in [0.3, 0.4) is 0 Å². The maximum Gasteiger partial charge on any atom is 0.169 e. The number of rotatable bonds is 4. The second-order valence-electron chi connectivity index (χ2n) is 6.73. The van der Waals surface area contributed by atoms with Gasteiger partial charge >= 0.3 is 0 Å². The summed E-state index contributed by atoms with van der Waals surface area (Å²) in [6, 6.07) is 6.26. The van der Waals surface area contributed by atoms with Crippen LogP contribution in [0, 0.1) is 25.2 Å². The van der Waals surface area contributed by atoms with Crippen molar-refractivity contribution in [2.24, 2.45) is 11.3 Å². The minimum absolute atomic E-state index is 0.0767. The second kappa shape index (κ2) is 5.48. The molecule has 1 fully saturated rings. The van der Waals surface area contributed by atoms with Crippen LogP contribution in [0.2, 0.25) is 0 Å². The first-order valence-corrected chi connectivity index (χ1v) is 7.57. The van der Waals surface area contributed by atoms with Crippen LogP contribution in [0.5, 0.6) is 0 Å². The monoisotopic (exact) mass is 258 g/mol. The Morgan fingerprint density at radius 2 is 1.84 bits per heavy atom. The number of carbonyl (C=O) groups is 1. The Morgan fingerprint density at radius 3 is 2.42 bits per heavy atom. The molecule has 0 aromatic heterocycles. The molecule has 0 atom stereocenters. The molecule has 0 bridgehead atoms. The van der Waals surface area contributed by atoms with Crippen LogP contribution in [-0.2, 0) is 0 Å². The van der Waals surface area contributed by atoms with E-state index in [1.54, 1.807) is 0 Å². The lowest BCUT2D eigenvalue weighted by Crippen LogP contribution is -2.30. The molecule has 1 saturated carbocycles. The van der Waals surface area contributed by atoms with Gasteiger partial charge in [0.2, 0.25) is 0 Å². The fourth-order valence-electron chi connectivity index (χ4n) is 3.62. The fourth-order valence-corrected chi connectivity index (χ4v) is 3.62. The normalized spacial score (nSPS) is 17.9. The van der Waals surface area contributed by atoms with Gasteiger partial charge < -0.3 is 0 Å². The van der Waals surface area contributed by atoms with E-state index in [0.29, 0.717) is 11.7 Å². The van der Waals surface area contributed by atoms with Crippen molar-refractivity contribution in [1.82, 2.24) is 0 Å². The van der Waals surface area contributed by atoms with Gasteiger partial charge in [0.25, 0.3) is 0 Å². The lowest BCUT2D eigenvalue weighted by Gasteiger charge is -2.30. The summed E-state index contributed by atoms with van der Waals surface area (Å²) in [6.45, 7) is 8.59. The predicted octanol–water partition coefficient (Wildman–Crippen LogP) is 5.09. The summed E-state index contributed by atoms with van der Waals surface area (Å²) in [7, 11) is 0. The number of hydrogen-bond donors (Lipinski definition) is 0. The number of aryl methyl sites for hydroxylation is 2. The largest absolute Gasteiger partial charge is 0.294 e. The summed E-state index contributed by atoms with van der Waals surface area (Å²) in [4.78, 5) is 13.1. The van der Waals surface area contributed by atoms with Gasteiger partial charge in [0.05, 0.1) is 0 Å². The first kappa shape index (κ1) is 14.3. The zero-order valence-electron chi connectivity index (χ0n) is 12.8. The molecule has 0 spiro atoms. The first-order valence-electron chi connectivity index (χ1n) is 7.57. The predicted molar refractivity (Wildman–Crippen MR) is 80.6 cm³/mol. The molecule has 1 aromatic carbocycles. The molecule has 0 amide bonds. The van der Waals surface area contributed by atoms with Gasteiger partial charge in [-0.2, -0.15) is 0 Å². The van der Waals surface area contributed by atoms with Crippen LogP contribution in [-0.4, -0.2) is 5.78 Å². The van der Waals surface area contributed by atoms with Gasteiger partial charge in [-0.1, -0.05) is 44.4 Å². The molecule has 0 aliphatic heterocycles. The zero-order valence-corrected chi connectivity index (χ0v) is 12.8. The van der Waals surface area contributed by atoms with Gasteiger partial charge in [0.15, 0.2) is 5.78 Å². The van der Waals surface area contributed by atoms with E-state index in [2.05, 4.69) is 45.9 Å². The number of benzene rings is 1. The average Bonchev–Trinajstić information content (AvgIpc) is 2.80. The van der Waals surface area contributed by atoms with E-state index < -0.39 is 0 Å². The average molecular weight is 258 g/mol. The Balaban J connectivity index is 2.37. The Bertz CT molecular complexity index is 465. The van der Waals surface area contributed by atoms with Crippen LogP contribution < -0.4 is 0 Å². The van der Waals surface area contributed by atoms with Crippen LogP contribution in [0.1, 0.15) is 67.4 Å². The molecule has 0 saturated heterocycles. The molecule has 0 N–H and O–H groups in total. The molecule has 1 heteroatoms. The molecule has 1 aliphatic carbocycles. The highest BCUT2D eigenvalue weighted by Crippen LogP contribution is 2.46. The minimum Gasteiger partial charge on any atom is -0.294 e. The van der Waals surface area contributed by atoms with Crippen LogP contribution in [0.4, 0.5) is 0 Å². The van der Waals surface area contributed by atoms with Crippen molar-refractivity contribution in [2.45, 2.75) is 59.8 Å². The van der Waals surface area contributed by atoms with E-state index >= 15 is 0 Å². The van der Waals surface area contributed by atoms with E-state index in [9.17, 15) is 4.79 Å². The number of Topliss-reactive ketones (excluding diaryl/α,β-unsaturated/α-hetero) is 1. The molecule has 19 heavy (non-hydrogen) atoms. The van der Waals surface area contributed by atoms with Crippen LogP contribution in [0.25, 0.3) is 0 Å². The summed E-state index contributed by atoms with van der Waals surface area (Å²) in [5, 5.41) is 0. The summed E-state index contributed by atoms with van der Waals surface area (Å²) < 4.78 is 0. The molecular weight excluding hydrogens is 232 g/mol. The van der Waals surface area contributed by atoms with E-state index in [4.69, 9.17) is 0 Å². The Morgan fingerprint density at radius 1 is 1.21 bits per heavy atom. The van der Waals surface area contributed by atoms with E-state index in [-0.39, 0.29) is 5.41 Å². The molecular formula is C18H26O. The highest BCUT2D eigenvalue weighted by Gasteiger charge is 2.41. The maximum absolute atomic E-state index is 13.1. The number of hydrogen-bond acceptors (Lipinski definition) is 1. The number of ketones is 1. The molecule has 0 radical (unpaired) electrons. The third kappa shape index (κ3) is 2.91. The highest BCUT2D eigenvalue weighted by atomic mass is 16.1. The lowest BCUT2D eigenvalue weighted by atomic mass is 9.72. The van der Waals surface area contributed by atoms with Gasteiger partial charge in [0.1, 0.15) is 0 Å². The maximum atomic E-state index is 13.1. The van der Waals surface area contributed by atoms with Crippen LogP contribution in [0.15, 0.2) is 18.2 Å². The third-order valence-corrected chi connectivity index (χ3v) is 4.48. The van der Waals surface area contributed by atoms with Crippen molar-refractivity contribution in [2.75, 3.05) is 0 Å². The summed E-state index contributed by atoms with van der Waals surface area (Å²) in [5.41, 5.74) is 3.20. The molecule has 0 unspecified atom stereocenters. The van der Waals surface area contributed by atoms with Crippen molar-refractivity contribution < 1.29 is 4.79 Å². The summed E-state index contributed by atoms with van der Waals surface area (Å²) >= 11 is 0. The summed E-state index contributed by atoms with van der Waals surface area (Å²) in [5.74, 6) is 0.993. The van der Waals surface area contributed by atoms with Gasteiger partial charge in [0, 0.05) is 11.0 Å². The standard InChI is InChI=1S/C18H26O/c1-13(2)12-18(9-5-6-10-18)17(19)16-11-14(3)7-8-15(16)4/h7-8,11,13H,5-6,9-10,12H2,1-4H3. The molecule has 2 rings (SSSR count). The molecule has 104 valence electrons. The van der Waals surface area contributed by atoms with Crippen molar-refractivity contribution >= 4 is 5.78 Å². The molecule has 1 aromatic rings. The van der Waals surface area contributed by atoms with Crippen molar-refractivity contribution in [3.63, 3.8) is 0 Å². The molecule has 0 heterocycles. The van der Waals surface area contributed by atoms with Gasteiger partial charge in [-0.25, -0.2) is 0 Å². The highest BCUT2D eigenvalue weighted by molar-refractivity contribution is 6.02. The van der Waals surface area contributed by atoms with Gasteiger partial charge in [-0.15, -0.1) is 0 Å². The second-order valence-corrected chi connectivity index (χ2v) is 6.73.